The molecule has 1 heterocycles. The van der Waals surface area contributed by atoms with Crippen LogP contribution in [0.5, 0.6) is 5.75 Å². The van der Waals surface area contributed by atoms with E-state index in [4.69, 9.17) is 5.11 Å². The molecule has 3 rings (SSSR count). The van der Waals surface area contributed by atoms with Gasteiger partial charge in [0.2, 0.25) is 0 Å². The Hall–Kier alpha value is -2.75. The largest absolute Gasteiger partial charge is 0.508 e. The lowest BCUT2D eigenvalue weighted by Crippen LogP contribution is -2.03. The van der Waals surface area contributed by atoms with E-state index in [2.05, 4.69) is 17.1 Å². The number of aromatic hydroxyl groups is 1. The van der Waals surface area contributed by atoms with Crippen molar-refractivity contribution in [3.05, 3.63) is 65.4 Å². The minimum Gasteiger partial charge on any atom is -0.508 e. The van der Waals surface area contributed by atoms with Gasteiger partial charge in [-0.25, -0.2) is 0 Å². The second-order valence-electron chi connectivity index (χ2n) is 5.37. The maximum absolute atomic E-state index is 11.1. The van der Waals surface area contributed by atoms with E-state index >= 15 is 0 Å². The van der Waals surface area contributed by atoms with Crippen molar-refractivity contribution >= 4 is 16.9 Å². The van der Waals surface area contributed by atoms with Gasteiger partial charge < -0.3 is 15.2 Å². The summed E-state index contributed by atoms with van der Waals surface area (Å²) in [6.07, 6.45) is 1.53. The molecule has 0 saturated heterocycles. The quantitative estimate of drug-likeness (QED) is 0.676. The molecule has 0 aliphatic heterocycles. The number of phenolic OH excluding ortho intramolecular Hbond substituents is 1. The van der Waals surface area contributed by atoms with Gasteiger partial charge in [-0.05, 0) is 42.2 Å². The lowest BCUT2D eigenvalue weighted by atomic mass is 10.0. The normalized spacial score (nSPS) is 10.9. The molecule has 3 N–H and O–H groups in total. The van der Waals surface area contributed by atoms with Crippen molar-refractivity contribution in [1.29, 1.82) is 0 Å². The SMILES string of the molecule is O=C(O)Cc1c(CCc2ccccc2)[nH]c2ccc(O)cc12. The number of phenols is 1. The van der Waals surface area contributed by atoms with Gasteiger partial charge in [0.05, 0.1) is 6.42 Å². The van der Waals surface area contributed by atoms with E-state index in [9.17, 15) is 9.90 Å². The third-order valence-corrected chi connectivity index (χ3v) is 3.81. The van der Waals surface area contributed by atoms with Crippen LogP contribution in [0.15, 0.2) is 48.5 Å². The summed E-state index contributed by atoms with van der Waals surface area (Å²) in [5, 5.41) is 19.6. The van der Waals surface area contributed by atoms with E-state index in [0.717, 1.165) is 35.0 Å². The van der Waals surface area contributed by atoms with Crippen LogP contribution in [0.1, 0.15) is 16.8 Å². The number of carboxylic acids is 1. The summed E-state index contributed by atoms with van der Waals surface area (Å²) in [6, 6.07) is 15.1. The molecular formula is C18H17NO3. The fourth-order valence-electron chi connectivity index (χ4n) is 2.77. The molecule has 0 atom stereocenters. The summed E-state index contributed by atoms with van der Waals surface area (Å²) < 4.78 is 0. The number of carbonyl (C=O) groups is 1. The Morgan fingerprint density at radius 3 is 2.55 bits per heavy atom. The fourth-order valence-corrected chi connectivity index (χ4v) is 2.77. The average Bonchev–Trinajstić information content (AvgIpc) is 2.83. The Bertz CT molecular complexity index is 806. The molecule has 0 unspecified atom stereocenters. The van der Waals surface area contributed by atoms with Crippen LogP contribution >= 0.6 is 0 Å². The highest BCUT2D eigenvalue weighted by Gasteiger charge is 2.15. The monoisotopic (exact) mass is 295 g/mol. The Morgan fingerprint density at radius 1 is 1.05 bits per heavy atom. The predicted molar refractivity (Wildman–Crippen MR) is 85.2 cm³/mol. The highest BCUT2D eigenvalue weighted by molar-refractivity contribution is 5.89. The summed E-state index contributed by atoms with van der Waals surface area (Å²) in [5.74, 6) is -0.724. The average molecular weight is 295 g/mol. The molecule has 0 aliphatic carbocycles. The molecule has 2 aromatic carbocycles. The van der Waals surface area contributed by atoms with Gasteiger partial charge in [0.25, 0.3) is 0 Å². The van der Waals surface area contributed by atoms with E-state index in [1.807, 2.05) is 18.2 Å². The van der Waals surface area contributed by atoms with Gasteiger partial charge in [-0.2, -0.15) is 0 Å². The van der Waals surface area contributed by atoms with Gasteiger partial charge >= 0.3 is 5.97 Å². The number of aromatic amines is 1. The number of benzene rings is 2. The number of H-pyrrole nitrogens is 1. The van der Waals surface area contributed by atoms with Gasteiger partial charge in [-0.15, -0.1) is 0 Å². The zero-order valence-electron chi connectivity index (χ0n) is 12.0. The minimum atomic E-state index is -0.870. The van der Waals surface area contributed by atoms with Gasteiger partial charge in [0.1, 0.15) is 5.75 Å². The molecule has 0 radical (unpaired) electrons. The van der Waals surface area contributed by atoms with Crippen LogP contribution in [0.2, 0.25) is 0 Å². The topological polar surface area (TPSA) is 73.3 Å². The van der Waals surface area contributed by atoms with Crippen molar-refractivity contribution < 1.29 is 15.0 Å². The van der Waals surface area contributed by atoms with Crippen LogP contribution < -0.4 is 0 Å². The molecule has 4 nitrogen and oxygen atoms in total. The van der Waals surface area contributed by atoms with Crippen molar-refractivity contribution in [2.24, 2.45) is 0 Å². The smallest absolute Gasteiger partial charge is 0.307 e. The maximum atomic E-state index is 11.1. The molecule has 22 heavy (non-hydrogen) atoms. The van der Waals surface area contributed by atoms with Crippen molar-refractivity contribution in [2.75, 3.05) is 0 Å². The molecular weight excluding hydrogens is 278 g/mol. The van der Waals surface area contributed by atoms with E-state index in [-0.39, 0.29) is 12.2 Å². The number of aromatic nitrogens is 1. The molecule has 0 spiro atoms. The molecule has 0 aliphatic rings. The summed E-state index contributed by atoms with van der Waals surface area (Å²) in [6.45, 7) is 0. The second-order valence-corrected chi connectivity index (χ2v) is 5.37. The first-order valence-corrected chi connectivity index (χ1v) is 7.21. The van der Waals surface area contributed by atoms with Gasteiger partial charge in [0, 0.05) is 16.6 Å². The Labute approximate surface area is 128 Å². The number of hydrogen-bond donors (Lipinski definition) is 3. The lowest BCUT2D eigenvalue weighted by Gasteiger charge is -2.03. The number of hydrogen-bond acceptors (Lipinski definition) is 2. The summed E-state index contributed by atoms with van der Waals surface area (Å²) >= 11 is 0. The summed E-state index contributed by atoms with van der Waals surface area (Å²) in [4.78, 5) is 14.4. The number of fused-ring (bicyclic) bond motifs is 1. The number of aryl methyl sites for hydroxylation is 2. The van der Waals surface area contributed by atoms with Crippen molar-refractivity contribution in [3.63, 3.8) is 0 Å². The summed E-state index contributed by atoms with van der Waals surface area (Å²) in [7, 11) is 0. The first kappa shape index (κ1) is 14.2. The first-order valence-electron chi connectivity index (χ1n) is 7.21. The molecule has 3 aromatic rings. The molecule has 112 valence electrons. The number of aliphatic carboxylic acids is 1. The third-order valence-electron chi connectivity index (χ3n) is 3.81. The highest BCUT2D eigenvalue weighted by atomic mass is 16.4. The van der Waals surface area contributed by atoms with Crippen LogP contribution in [-0.4, -0.2) is 21.2 Å². The van der Waals surface area contributed by atoms with Gasteiger partial charge in [0.15, 0.2) is 0 Å². The number of nitrogens with one attached hydrogen (secondary N) is 1. The van der Waals surface area contributed by atoms with Crippen LogP contribution in [-0.2, 0) is 24.1 Å². The Kier molecular flexibility index (Phi) is 3.83. The maximum Gasteiger partial charge on any atom is 0.307 e. The van der Waals surface area contributed by atoms with Crippen molar-refractivity contribution in [1.82, 2.24) is 4.98 Å². The van der Waals surface area contributed by atoms with E-state index in [0.29, 0.717) is 0 Å². The van der Waals surface area contributed by atoms with Crippen molar-refractivity contribution in [2.45, 2.75) is 19.3 Å². The van der Waals surface area contributed by atoms with Crippen LogP contribution in [0.4, 0.5) is 0 Å². The standard InChI is InChI=1S/C18H17NO3/c20-13-7-9-17-14(10-13)15(11-18(21)22)16(19-17)8-6-12-4-2-1-3-5-12/h1-5,7,9-10,19-20H,6,8,11H2,(H,21,22). The minimum absolute atomic E-state index is 0.0480. The van der Waals surface area contributed by atoms with Crippen molar-refractivity contribution in [3.8, 4) is 5.75 Å². The fraction of sp³-hybridized carbons (Fsp3) is 0.167. The zero-order chi connectivity index (χ0) is 15.5. The number of rotatable bonds is 5. The molecule has 0 saturated carbocycles. The highest BCUT2D eigenvalue weighted by Crippen LogP contribution is 2.27. The van der Waals surface area contributed by atoms with Gasteiger partial charge in [-0.3, -0.25) is 4.79 Å². The van der Waals surface area contributed by atoms with Crippen LogP contribution in [0, 0.1) is 0 Å². The molecule has 4 heteroatoms. The van der Waals surface area contributed by atoms with Crippen LogP contribution in [0.3, 0.4) is 0 Å². The molecule has 0 amide bonds. The second kappa shape index (κ2) is 5.93. The molecule has 1 aromatic heterocycles. The number of carboxylic acid groups (broad SMARTS) is 1. The van der Waals surface area contributed by atoms with E-state index < -0.39 is 5.97 Å². The first-order chi connectivity index (χ1) is 10.6. The molecule has 0 bridgehead atoms. The Morgan fingerprint density at radius 2 is 1.82 bits per heavy atom. The summed E-state index contributed by atoms with van der Waals surface area (Å²) in [5.41, 5.74) is 3.75. The predicted octanol–water partition coefficient (Wildman–Crippen LogP) is 3.29. The zero-order valence-corrected chi connectivity index (χ0v) is 12.0. The third kappa shape index (κ3) is 2.96. The van der Waals surface area contributed by atoms with E-state index in [1.165, 1.54) is 5.56 Å². The molecule has 0 fully saturated rings. The van der Waals surface area contributed by atoms with Gasteiger partial charge in [-0.1, -0.05) is 30.3 Å². The van der Waals surface area contributed by atoms with E-state index in [1.54, 1.807) is 18.2 Å². The van der Waals surface area contributed by atoms with Crippen LogP contribution in [0.25, 0.3) is 10.9 Å². The Balaban J connectivity index is 1.95. The lowest BCUT2D eigenvalue weighted by molar-refractivity contribution is -0.136.